The molecule has 2 aromatic carbocycles. The molecule has 0 unspecified atom stereocenters. The van der Waals surface area contributed by atoms with E-state index >= 15 is 0 Å². The van der Waals surface area contributed by atoms with Crippen LogP contribution in [0.5, 0.6) is 11.5 Å². The highest BCUT2D eigenvalue weighted by atomic mass is 19.1. The lowest BCUT2D eigenvalue weighted by Crippen LogP contribution is -2.15. The Morgan fingerprint density at radius 3 is 2.43 bits per heavy atom. The predicted molar refractivity (Wildman–Crippen MR) is 78.3 cm³/mol. The van der Waals surface area contributed by atoms with Gasteiger partial charge in [0.15, 0.2) is 0 Å². The molecule has 0 aliphatic carbocycles. The van der Waals surface area contributed by atoms with Gasteiger partial charge >= 0.3 is 0 Å². The first-order valence-electron chi connectivity index (χ1n) is 6.38. The summed E-state index contributed by atoms with van der Waals surface area (Å²) in [6, 6.07) is 10.9. The van der Waals surface area contributed by atoms with E-state index in [0.717, 1.165) is 5.56 Å². The van der Waals surface area contributed by atoms with Gasteiger partial charge in [0.1, 0.15) is 17.3 Å². The summed E-state index contributed by atoms with van der Waals surface area (Å²) in [4.78, 5) is 12.0. The summed E-state index contributed by atoms with van der Waals surface area (Å²) < 4.78 is 23.2. The van der Waals surface area contributed by atoms with Gasteiger partial charge in [-0.15, -0.1) is 0 Å². The second-order valence-corrected chi connectivity index (χ2v) is 4.41. The number of rotatable bonds is 5. The Balaban J connectivity index is 2.09. The third-order valence-electron chi connectivity index (χ3n) is 2.97. The zero-order chi connectivity index (χ0) is 15.2. The van der Waals surface area contributed by atoms with Crippen molar-refractivity contribution in [3.8, 4) is 11.5 Å². The van der Waals surface area contributed by atoms with Gasteiger partial charge in [0.25, 0.3) is 0 Å². The summed E-state index contributed by atoms with van der Waals surface area (Å²) >= 11 is 0. The molecule has 2 rings (SSSR count). The van der Waals surface area contributed by atoms with E-state index in [2.05, 4.69) is 5.32 Å². The number of benzene rings is 2. The van der Waals surface area contributed by atoms with Crippen LogP contribution < -0.4 is 14.8 Å². The molecule has 0 radical (unpaired) electrons. The highest BCUT2D eigenvalue weighted by Crippen LogP contribution is 2.24. The average molecular weight is 289 g/mol. The van der Waals surface area contributed by atoms with E-state index in [1.54, 1.807) is 32.4 Å². The minimum absolute atomic E-state index is 0.137. The summed E-state index contributed by atoms with van der Waals surface area (Å²) in [5, 5.41) is 2.70. The van der Waals surface area contributed by atoms with E-state index in [1.807, 2.05) is 0 Å². The van der Waals surface area contributed by atoms with Crippen LogP contribution in [-0.2, 0) is 11.2 Å². The third kappa shape index (κ3) is 3.95. The van der Waals surface area contributed by atoms with Crippen molar-refractivity contribution in [2.45, 2.75) is 6.42 Å². The lowest BCUT2D eigenvalue weighted by Gasteiger charge is -2.11. The number of carbonyl (C=O) groups is 1. The Morgan fingerprint density at radius 2 is 1.81 bits per heavy atom. The fourth-order valence-corrected chi connectivity index (χ4v) is 1.93. The minimum atomic E-state index is -0.345. The number of halogens is 1. The molecule has 0 bridgehead atoms. The molecule has 0 aliphatic heterocycles. The predicted octanol–water partition coefficient (Wildman–Crippen LogP) is 3.02. The molecule has 1 amide bonds. The molecule has 5 heteroatoms. The van der Waals surface area contributed by atoms with Crippen LogP contribution in [0.2, 0.25) is 0 Å². The quantitative estimate of drug-likeness (QED) is 0.920. The molecule has 4 nitrogen and oxygen atoms in total. The third-order valence-corrected chi connectivity index (χ3v) is 2.97. The maximum absolute atomic E-state index is 12.8. The Kier molecular flexibility index (Phi) is 4.77. The molecule has 0 heterocycles. The molecule has 0 saturated heterocycles. The second kappa shape index (κ2) is 6.74. The molecule has 0 spiro atoms. The van der Waals surface area contributed by atoms with Crippen molar-refractivity contribution in [3.63, 3.8) is 0 Å². The highest BCUT2D eigenvalue weighted by molar-refractivity contribution is 5.92. The van der Waals surface area contributed by atoms with Crippen LogP contribution >= 0.6 is 0 Å². The van der Waals surface area contributed by atoms with Gasteiger partial charge in [-0.25, -0.2) is 4.39 Å². The lowest BCUT2D eigenvalue weighted by atomic mass is 10.1. The molecule has 110 valence electrons. The Morgan fingerprint density at radius 1 is 1.10 bits per heavy atom. The van der Waals surface area contributed by atoms with Crippen molar-refractivity contribution in [2.24, 2.45) is 0 Å². The summed E-state index contributed by atoms with van der Waals surface area (Å²) in [5.41, 5.74) is 1.26. The number of carbonyl (C=O) groups excluding carboxylic acids is 1. The van der Waals surface area contributed by atoms with Crippen LogP contribution in [0.1, 0.15) is 5.56 Å². The SMILES string of the molecule is COc1ccc(OC)c(CC(=O)Nc2ccc(F)cc2)c1. The van der Waals surface area contributed by atoms with Crippen molar-refractivity contribution in [1.29, 1.82) is 0 Å². The summed E-state index contributed by atoms with van der Waals surface area (Å²) in [5.74, 6) is 0.709. The Labute approximate surface area is 122 Å². The van der Waals surface area contributed by atoms with Gasteiger partial charge in [-0.1, -0.05) is 0 Å². The van der Waals surface area contributed by atoms with Crippen LogP contribution in [0.4, 0.5) is 10.1 Å². The van der Waals surface area contributed by atoms with E-state index in [9.17, 15) is 9.18 Å². The van der Waals surface area contributed by atoms with Crippen molar-refractivity contribution >= 4 is 11.6 Å². The molecular weight excluding hydrogens is 273 g/mol. The zero-order valence-corrected chi connectivity index (χ0v) is 11.9. The van der Waals surface area contributed by atoms with Crippen LogP contribution in [0.25, 0.3) is 0 Å². The minimum Gasteiger partial charge on any atom is -0.497 e. The van der Waals surface area contributed by atoms with E-state index in [0.29, 0.717) is 17.2 Å². The number of nitrogens with one attached hydrogen (secondary N) is 1. The number of hydrogen-bond acceptors (Lipinski definition) is 3. The molecule has 2 aromatic rings. The summed E-state index contributed by atoms with van der Waals surface area (Å²) in [6.45, 7) is 0. The van der Waals surface area contributed by atoms with Gasteiger partial charge < -0.3 is 14.8 Å². The van der Waals surface area contributed by atoms with Crippen LogP contribution in [-0.4, -0.2) is 20.1 Å². The molecule has 0 fully saturated rings. The summed E-state index contributed by atoms with van der Waals surface area (Å²) in [7, 11) is 3.10. The van der Waals surface area contributed by atoms with E-state index < -0.39 is 0 Å². The maximum atomic E-state index is 12.8. The number of methoxy groups -OCH3 is 2. The number of anilines is 1. The first-order valence-corrected chi connectivity index (χ1v) is 6.38. The van der Waals surface area contributed by atoms with Gasteiger partial charge in [-0.3, -0.25) is 4.79 Å². The standard InChI is InChI=1S/C16H16FNO3/c1-20-14-7-8-15(21-2)11(9-14)10-16(19)18-13-5-3-12(17)4-6-13/h3-9H,10H2,1-2H3,(H,18,19). The molecule has 0 saturated carbocycles. The smallest absolute Gasteiger partial charge is 0.228 e. The van der Waals surface area contributed by atoms with Crippen LogP contribution in [0.15, 0.2) is 42.5 Å². The monoisotopic (exact) mass is 289 g/mol. The van der Waals surface area contributed by atoms with Crippen molar-refractivity contribution in [3.05, 3.63) is 53.8 Å². The highest BCUT2D eigenvalue weighted by Gasteiger charge is 2.10. The topological polar surface area (TPSA) is 47.6 Å². The number of ether oxygens (including phenoxy) is 2. The maximum Gasteiger partial charge on any atom is 0.228 e. The fraction of sp³-hybridized carbons (Fsp3) is 0.188. The normalized spacial score (nSPS) is 10.0. The van der Waals surface area contributed by atoms with Crippen LogP contribution in [0, 0.1) is 5.82 Å². The molecule has 0 aliphatic rings. The molecule has 0 atom stereocenters. The lowest BCUT2D eigenvalue weighted by molar-refractivity contribution is -0.115. The first-order chi connectivity index (χ1) is 10.1. The molecular formula is C16H16FNO3. The molecule has 21 heavy (non-hydrogen) atoms. The number of amides is 1. The van der Waals surface area contributed by atoms with Crippen molar-refractivity contribution in [2.75, 3.05) is 19.5 Å². The van der Waals surface area contributed by atoms with Crippen molar-refractivity contribution in [1.82, 2.24) is 0 Å². The van der Waals surface area contributed by atoms with Gasteiger partial charge in [-0.2, -0.15) is 0 Å². The fourth-order valence-electron chi connectivity index (χ4n) is 1.93. The zero-order valence-electron chi connectivity index (χ0n) is 11.9. The van der Waals surface area contributed by atoms with Crippen molar-refractivity contribution < 1.29 is 18.7 Å². The Hall–Kier alpha value is -2.56. The second-order valence-electron chi connectivity index (χ2n) is 4.41. The van der Waals surface area contributed by atoms with Gasteiger partial charge in [0.05, 0.1) is 20.6 Å². The number of hydrogen-bond donors (Lipinski definition) is 1. The average Bonchev–Trinajstić information content (AvgIpc) is 2.49. The van der Waals surface area contributed by atoms with Gasteiger partial charge in [-0.05, 0) is 42.5 Å². The Bertz CT molecular complexity index is 626. The first kappa shape index (κ1) is 14.8. The molecule has 0 aromatic heterocycles. The summed E-state index contributed by atoms with van der Waals surface area (Å²) in [6.07, 6.45) is 0.137. The molecule has 1 N–H and O–H groups in total. The van der Waals surface area contributed by atoms with Gasteiger partial charge in [0.2, 0.25) is 5.91 Å². The largest absolute Gasteiger partial charge is 0.497 e. The van der Waals surface area contributed by atoms with E-state index in [-0.39, 0.29) is 18.1 Å². The van der Waals surface area contributed by atoms with Gasteiger partial charge in [0, 0.05) is 11.3 Å². The van der Waals surface area contributed by atoms with Crippen LogP contribution in [0.3, 0.4) is 0 Å². The van der Waals surface area contributed by atoms with E-state index in [1.165, 1.54) is 24.3 Å². The van der Waals surface area contributed by atoms with E-state index in [4.69, 9.17) is 9.47 Å².